The van der Waals surface area contributed by atoms with Crippen LogP contribution in [0.3, 0.4) is 0 Å². The molecule has 77 valence electrons. The van der Waals surface area contributed by atoms with Gasteiger partial charge in [0.15, 0.2) is 5.12 Å². The minimum Gasteiger partial charge on any atom is -0.287 e. The van der Waals surface area contributed by atoms with Crippen LogP contribution in [-0.4, -0.2) is 10.9 Å². The van der Waals surface area contributed by atoms with E-state index in [1.807, 2.05) is 0 Å². The van der Waals surface area contributed by atoms with Crippen LogP contribution in [0.2, 0.25) is 0 Å². The number of unbranched alkanes of at least 4 members (excludes halogenated alkanes) is 4. The van der Waals surface area contributed by atoms with Crippen LogP contribution in [-0.2, 0) is 4.79 Å². The van der Waals surface area contributed by atoms with E-state index in [1.54, 1.807) is 0 Å². The maximum absolute atomic E-state index is 11.2. The third-order valence-corrected chi connectivity index (χ3v) is 2.91. The monoisotopic (exact) mass is 201 g/mol. The molecular weight excluding hydrogens is 180 g/mol. The van der Waals surface area contributed by atoms with E-state index in [0.29, 0.717) is 5.12 Å². The molecule has 0 unspecified atom stereocenters. The molecule has 13 heavy (non-hydrogen) atoms. The molecule has 1 radical (unpaired) electrons. The Labute approximate surface area is 86.7 Å². The van der Waals surface area contributed by atoms with E-state index < -0.39 is 0 Å². The summed E-state index contributed by atoms with van der Waals surface area (Å²) < 4.78 is 0. The van der Waals surface area contributed by atoms with Crippen LogP contribution in [0.25, 0.3) is 0 Å². The zero-order chi connectivity index (χ0) is 9.94. The van der Waals surface area contributed by atoms with Crippen LogP contribution in [0.5, 0.6) is 0 Å². The Balaban J connectivity index is 3.08. The smallest absolute Gasteiger partial charge is 0.188 e. The number of hydrogen-bond donors (Lipinski definition) is 0. The van der Waals surface area contributed by atoms with Crippen LogP contribution < -0.4 is 0 Å². The van der Waals surface area contributed by atoms with E-state index in [-0.39, 0.29) is 0 Å². The summed E-state index contributed by atoms with van der Waals surface area (Å²) in [5, 5.41) is 0.347. The first kappa shape index (κ1) is 13.0. The summed E-state index contributed by atoms with van der Waals surface area (Å²) in [5.74, 6) is 0.883. The van der Waals surface area contributed by atoms with Crippen LogP contribution in [0, 0.1) is 6.92 Å². The molecule has 0 aromatic carbocycles. The van der Waals surface area contributed by atoms with E-state index in [2.05, 4.69) is 13.8 Å². The molecule has 1 nitrogen and oxygen atoms in total. The second-order valence-corrected chi connectivity index (χ2v) is 4.39. The van der Waals surface area contributed by atoms with Crippen LogP contribution in [0.4, 0.5) is 0 Å². The van der Waals surface area contributed by atoms with Gasteiger partial charge in [-0.1, -0.05) is 51.3 Å². The highest BCUT2D eigenvalue weighted by Crippen LogP contribution is 2.11. The molecule has 0 fully saturated rings. The second-order valence-electron chi connectivity index (χ2n) is 3.24. The highest BCUT2D eigenvalue weighted by atomic mass is 32.2. The van der Waals surface area contributed by atoms with Gasteiger partial charge < -0.3 is 0 Å². The fraction of sp³-hybridized carbons (Fsp3) is 0.818. The summed E-state index contributed by atoms with van der Waals surface area (Å²) in [7, 11) is 0. The van der Waals surface area contributed by atoms with Crippen molar-refractivity contribution in [1.29, 1.82) is 0 Å². The Kier molecular flexibility index (Phi) is 10.1. The molecule has 0 saturated carbocycles. The van der Waals surface area contributed by atoms with Crippen LogP contribution in [0.15, 0.2) is 0 Å². The molecule has 0 N–H and O–H groups in total. The number of thioether (sulfide) groups is 1. The van der Waals surface area contributed by atoms with E-state index >= 15 is 0 Å². The Morgan fingerprint density at radius 3 is 2.54 bits per heavy atom. The minimum atomic E-state index is 0.347. The lowest BCUT2D eigenvalue weighted by molar-refractivity contribution is -0.111. The van der Waals surface area contributed by atoms with E-state index in [9.17, 15) is 4.79 Å². The highest BCUT2D eigenvalue weighted by molar-refractivity contribution is 8.13. The SMILES string of the molecule is [CH2]CCSC(=O)CCCCCCC. The Morgan fingerprint density at radius 2 is 1.92 bits per heavy atom. The van der Waals surface area contributed by atoms with Crippen molar-refractivity contribution in [2.24, 2.45) is 0 Å². The second kappa shape index (κ2) is 10.1. The van der Waals surface area contributed by atoms with Gasteiger partial charge in [-0.2, -0.15) is 0 Å². The third-order valence-electron chi connectivity index (χ3n) is 1.89. The predicted molar refractivity (Wildman–Crippen MR) is 60.8 cm³/mol. The summed E-state index contributed by atoms with van der Waals surface area (Å²) in [6.07, 6.45) is 7.75. The molecule has 0 spiro atoms. The van der Waals surface area contributed by atoms with E-state index in [4.69, 9.17) is 0 Å². The Morgan fingerprint density at radius 1 is 1.23 bits per heavy atom. The molecule has 0 aliphatic heterocycles. The normalized spacial score (nSPS) is 10.3. The molecule has 0 bridgehead atoms. The van der Waals surface area contributed by atoms with Gasteiger partial charge in [-0.15, -0.1) is 0 Å². The van der Waals surface area contributed by atoms with Gasteiger partial charge >= 0.3 is 0 Å². The highest BCUT2D eigenvalue weighted by Gasteiger charge is 2.00. The average molecular weight is 201 g/mol. The van der Waals surface area contributed by atoms with Crippen molar-refractivity contribution in [3.63, 3.8) is 0 Å². The Bertz CT molecular complexity index is 123. The largest absolute Gasteiger partial charge is 0.287 e. The average Bonchev–Trinajstić information content (AvgIpc) is 2.14. The predicted octanol–water partition coefficient (Wildman–Crippen LogP) is 3.83. The lowest BCUT2D eigenvalue weighted by Crippen LogP contribution is -1.92. The topological polar surface area (TPSA) is 17.1 Å². The molecule has 0 saturated heterocycles. The summed E-state index contributed by atoms with van der Waals surface area (Å²) >= 11 is 1.44. The van der Waals surface area contributed by atoms with Crippen molar-refractivity contribution in [2.75, 3.05) is 5.75 Å². The quantitative estimate of drug-likeness (QED) is 0.555. The van der Waals surface area contributed by atoms with Crippen LogP contribution >= 0.6 is 11.8 Å². The van der Waals surface area contributed by atoms with Gasteiger partial charge in [-0.3, -0.25) is 4.79 Å². The zero-order valence-corrected chi connectivity index (χ0v) is 9.50. The first-order valence-corrected chi connectivity index (χ1v) is 6.24. The van der Waals surface area contributed by atoms with Crippen LogP contribution in [0.1, 0.15) is 51.9 Å². The van der Waals surface area contributed by atoms with Gasteiger partial charge in [0.2, 0.25) is 0 Å². The molecule has 0 aliphatic carbocycles. The number of hydrogen-bond acceptors (Lipinski definition) is 2. The van der Waals surface area contributed by atoms with E-state index in [1.165, 1.54) is 37.4 Å². The summed E-state index contributed by atoms with van der Waals surface area (Å²) in [6.45, 7) is 5.91. The molecule has 0 aromatic heterocycles. The summed E-state index contributed by atoms with van der Waals surface area (Å²) in [6, 6.07) is 0. The van der Waals surface area contributed by atoms with Crippen molar-refractivity contribution >= 4 is 16.9 Å². The van der Waals surface area contributed by atoms with Gasteiger partial charge in [0.25, 0.3) is 0 Å². The first-order valence-electron chi connectivity index (χ1n) is 5.26. The zero-order valence-electron chi connectivity index (χ0n) is 8.68. The molecule has 0 heterocycles. The number of carbonyl (C=O) groups is 1. The van der Waals surface area contributed by atoms with Crippen molar-refractivity contribution in [3.05, 3.63) is 6.92 Å². The van der Waals surface area contributed by atoms with Crippen molar-refractivity contribution in [2.45, 2.75) is 51.9 Å². The van der Waals surface area contributed by atoms with Crippen molar-refractivity contribution < 1.29 is 4.79 Å². The summed E-state index contributed by atoms with van der Waals surface area (Å²) in [4.78, 5) is 11.2. The third kappa shape index (κ3) is 9.94. The molecule has 2 heteroatoms. The molecule has 0 aliphatic rings. The fourth-order valence-corrected chi connectivity index (χ4v) is 1.79. The lowest BCUT2D eigenvalue weighted by atomic mass is 10.1. The molecule has 0 aromatic rings. The standard InChI is InChI=1S/C11H21OS/c1-3-5-6-7-8-9-11(12)13-10-4-2/h2-10H2,1H3. The number of rotatable bonds is 8. The van der Waals surface area contributed by atoms with E-state index in [0.717, 1.165) is 25.0 Å². The van der Waals surface area contributed by atoms with Gasteiger partial charge in [-0.05, 0) is 12.8 Å². The fourth-order valence-electron chi connectivity index (χ4n) is 1.13. The molecule has 0 rings (SSSR count). The maximum atomic E-state index is 11.2. The van der Waals surface area contributed by atoms with Crippen molar-refractivity contribution in [1.82, 2.24) is 0 Å². The maximum Gasteiger partial charge on any atom is 0.188 e. The van der Waals surface area contributed by atoms with Gasteiger partial charge in [0.1, 0.15) is 0 Å². The molecular formula is C11H21OS. The summed E-state index contributed by atoms with van der Waals surface area (Å²) in [5.41, 5.74) is 0. The number of carbonyl (C=O) groups excluding carboxylic acids is 1. The minimum absolute atomic E-state index is 0.347. The van der Waals surface area contributed by atoms with Crippen molar-refractivity contribution in [3.8, 4) is 0 Å². The van der Waals surface area contributed by atoms with Gasteiger partial charge in [0, 0.05) is 12.2 Å². The lowest BCUT2D eigenvalue weighted by Gasteiger charge is -1.99. The van der Waals surface area contributed by atoms with Gasteiger partial charge in [0.05, 0.1) is 0 Å². The molecule has 0 amide bonds. The molecule has 0 atom stereocenters. The Hall–Kier alpha value is 0.0200. The van der Waals surface area contributed by atoms with Gasteiger partial charge in [-0.25, -0.2) is 0 Å². The first-order chi connectivity index (χ1) is 6.31.